The van der Waals surface area contributed by atoms with E-state index in [4.69, 9.17) is 4.84 Å². The molecule has 0 bridgehead atoms. The summed E-state index contributed by atoms with van der Waals surface area (Å²) < 4.78 is 1.61. The molecule has 1 aromatic heterocycles. The highest BCUT2D eigenvalue weighted by molar-refractivity contribution is 5.92. The van der Waals surface area contributed by atoms with Crippen molar-refractivity contribution in [3.05, 3.63) is 41.7 Å². The van der Waals surface area contributed by atoms with E-state index >= 15 is 0 Å². The maximum Gasteiger partial charge on any atom is 0.297 e. The van der Waals surface area contributed by atoms with Crippen molar-refractivity contribution in [2.45, 2.75) is 13.8 Å². The molecule has 2 aromatic rings. The van der Waals surface area contributed by atoms with E-state index in [1.165, 1.54) is 0 Å². The standard InChI is InChI=1S/C12H14N4O2/c1-3-18-14-12(17)11-9(2)16(15-13-11)10-7-5-4-6-8-10/h4-8H,3H2,1-2H3,(H,14,17). The molecule has 0 spiro atoms. The van der Waals surface area contributed by atoms with Gasteiger partial charge in [-0.1, -0.05) is 23.4 Å². The van der Waals surface area contributed by atoms with Crippen LogP contribution in [-0.2, 0) is 4.84 Å². The molecular weight excluding hydrogens is 232 g/mol. The topological polar surface area (TPSA) is 69.0 Å². The number of nitrogens with one attached hydrogen (secondary N) is 1. The summed E-state index contributed by atoms with van der Waals surface area (Å²) in [6, 6.07) is 9.50. The van der Waals surface area contributed by atoms with Crippen LogP contribution in [0, 0.1) is 6.92 Å². The lowest BCUT2D eigenvalue weighted by Gasteiger charge is -2.03. The third-order valence-corrected chi connectivity index (χ3v) is 2.42. The molecule has 94 valence electrons. The van der Waals surface area contributed by atoms with Gasteiger partial charge in [-0.15, -0.1) is 5.10 Å². The lowest BCUT2D eigenvalue weighted by atomic mass is 10.3. The van der Waals surface area contributed by atoms with E-state index < -0.39 is 5.91 Å². The Morgan fingerprint density at radius 1 is 1.39 bits per heavy atom. The Kier molecular flexibility index (Phi) is 3.69. The summed E-state index contributed by atoms with van der Waals surface area (Å²) in [5.41, 5.74) is 4.08. The predicted molar refractivity (Wildman–Crippen MR) is 65.2 cm³/mol. The van der Waals surface area contributed by atoms with Crippen molar-refractivity contribution in [2.24, 2.45) is 0 Å². The number of benzene rings is 1. The Hall–Kier alpha value is -2.21. The van der Waals surface area contributed by atoms with Crippen LogP contribution >= 0.6 is 0 Å². The molecule has 1 N–H and O–H groups in total. The average Bonchev–Trinajstić information content (AvgIpc) is 2.79. The molecule has 0 aliphatic heterocycles. The number of hydrogen-bond donors (Lipinski definition) is 1. The van der Waals surface area contributed by atoms with Crippen LogP contribution in [0.5, 0.6) is 0 Å². The zero-order valence-electron chi connectivity index (χ0n) is 10.3. The Bertz CT molecular complexity index is 536. The summed E-state index contributed by atoms with van der Waals surface area (Å²) in [6.45, 7) is 3.97. The number of carbonyl (C=O) groups excluding carboxylic acids is 1. The second kappa shape index (κ2) is 5.42. The van der Waals surface area contributed by atoms with Crippen LogP contribution in [0.15, 0.2) is 30.3 Å². The second-order valence-electron chi connectivity index (χ2n) is 3.64. The monoisotopic (exact) mass is 246 g/mol. The summed E-state index contributed by atoms with van der Waals surface area (Å²) >= 11 is 0. The molecule has 0 atom stereocenters. The van der Waals surface area contributed by atoms with Crippen LogP contribution in [0.4, 0.5) is 0 Å². The van der Waals surface area contributed by atoms with E-state index in [-0.39, 0.29) is 5.69 Å². The van der Waals surface area contributed by atoms with Crippen molar-refractivity contribution in [1.29, 1.82) is 0 Å². The fourth-order valence-electron chi connectivity index (χ4n) is 1.54. The SMILES string of the molecule is CCONC(=O)c1nnn(-c2ccccc2)c1C. The normalized spacial score (nSPS) is 10.3. The van der Waals surface area contributed by atoms with Crippen LogP contribution in [0.3, 0.4) is 0 Å². The molecule has 0 aliphatic carbocycles. The lowest BCUT2D eigenvalue weighted by molar-refractivity contribution is 0.0359. The van der Waals surface area contributed by atoms with Crippen molar-refractivity contribution in [2.75, 3.05) is 6.61 Å². The van der Waals surface area contributed by atoms with Gasteiger partial charge in [-0.05, 0) is 26.0 Å². The van der Waals surface area contributed by atoms with Crippen molar-refractivity contribution >= 4 is 5.91 Å². The number of carbonyl (C=O) groups is 1. The van der Waals surface area contributed by atoms with Gasteiger partial charge < -0.3 is 0 Å². The molecule has 0 saturated carbocycles. The van der Waals surface area contributed by atoms with E-state index in [1.807, 2.05) is 30.3 Å². The molecular formula is C12H14N4O2. The highest BCUT2D eigenvalue weighted by Gasteiger charge is 2.16. The number of para-hydroxylation sites is 1. The van der Waals surface area contributed by atoms with Crippen LogP contribution in [0.1, 0.15) is 23.1 Å². The highest BCUT2D eigenvalue weighted by Crippen LogP contribution is 2.11. The molecule has 0 saturated heterocycles. The first kappa shape index (κ1) is 12.3. The van der Waals surface area contributed by atoms with Gasteiger partial charge in [-0.2, -0.15) is 0 Å². The van der Waals surface area contributed by atoms with E-state index in [9.17, 15) is 4.79 Å². The zero-order valence-corrected chi connectivity index (χ0v) is 10.3. The molecule has 0 fully saturated rings. The number of amides is 1. The number of nitrogens with zero attached hydrogens (tertiary/aromatic N) is 3. The van der Waals surface area contributed by atoms with Crippen molar-refractivity contribution in [3.8, 4) is 5.69 Å². The summed E-state index contributed by atoms with van der Waals surface area (Å²) in [4.78, 5) is 16.6. The lowest BCUT2D eigenvalue weighted by Crippen LogP contribution is -2.24. The van der Waals surface area contributed by atoms with Gasteiger partial charge >= 0.3 is 0 Å². The Morgan fingerprint density at radius 3 is 2.78 bits per heavy atom. The minimum atomic E-state index is -0.392. The summed E-state index contributed by atoms with van der Waals surface area (Å²) in [7, 11) is 0. The van der Waals surface area contributed by atoms with Crippen LogP contribution in [0.25, 0.3) is 5.69 Å². The van der Waals surface area contributed by atoms with Gasteiger partial charge in [0, 0.05) is 0 Å². The second-order valence-corrected chi connectivity index (χ2v) is 3.64. The van der Waals surface area contributed by atoms with Gasteiger partial charge in [-0.25, -0.2) is 10.2 Å². The van der Waals surface area contributed by atoms with Crippen molar-refractivity contribution in [3.63, 3.8) is 0 Å². The van der Waals surface area contributed by atoms with Gasteiger partial charge in [0.05, 0.1) is 18.0 Å². The molecule has 2 rings (SSSR count). The van der Waals surface area contributed by atoms with Gasteiger partial charge in [-0.3, -0.25) is 9.63 Å². The van der Waals surface area contributed by atoms with Gasteiger partial charge in [0.2, 0.25) is 0 Å². The smallest absolute Gasteiger partial charge is 0.274 e. The zero-order chi connectivity index (χ0) is 13.0. The Balaban J connectivity index is 2.27. The predicted octanol–water partition coefficient (Wildman–Crippen LogP) is 1.26. The third-order valence-electron chi connectivity index (χ3n) is 2.42. The number of aromatic nitrogens is 3. The summed E-state index contributed by atoms with van der Waals surface area (Å²) in [5.74, 6) is -0.392. The fourth-order valence-corrected chi connectivity index (χ4v) is 1.54. The third kappa shape index (κ3) is 2.38. The molecule has 1 amide bonds. The molecule has 1 aromatic carbocycles. The number of hydroxylamine groups is 1. The quantitative estimate of drug-likeness (QED) is 0.824. The van der Waals surface area contributed by atoms with Crippen LogP contribution < -0.4 is 5.48 Å². The largest absolute Gasteiger partial charge is 0.297 e. The van der Waals surface area contributed by atoms with Crippen LogP contribution in [-0.4, -0.2) is 27.5 Å². The maximum absolute atomic E-state index is 11.7. The van der Waals surface area contributed by atoms with E-state index in [1.54, 1.807) is 18.5 Å². The molecule has 6 heteroatoms. The highest BCUT2D eigenvalue weighted by atomic mass is 16.6. The van der Waals surface area contributed by atoms with Crippen molar-refractivity contribution in [1.82, 2.24) is 20.5 Å². The van der Waals surface area contributed by atoms with Gasteiger partial charge in [0.15, 0.2) is 5.69 Å². The molecule has 0 aliphatic rings. The van der Waals surface area contributed by atoms with E-state index in [0.717, 1.165) is 5.69 Å². The minimum Gasteiger partial charge on any atom is -0.274 e. The molecule has 18 heavy (non-hydrogen) atoms. The van der Waals surface area contributed by atoms with Crippen LogP contribution in [0.2, 0.25) is 0 Å². The van der Waals surface area contributed by atoms with E-state index in [2.05, 4.69) is 15.8 Å². The minimum absolute atomic E-state index is 0.257. The van der Waals surface area contributed by atoms with E-state index in [0.29, 0.717) is 12.3 Å². The first-order chi connectivity index (χ1) is 8.74. The number of hydrogen-bond acceptors (Lipinski definition) is 4. The maximum atomic E-state index is 11.7. The molecule has 1 heterocycles. The number of rotatable bonds is 4. The summed E-state index contributed by atoms with van der Waals surface area (Å²) in [6.07, 6.45) is 0. The first-order valence-electron chi connectivity index (χ1n) is 5.64. The average molecular weight is 246 g/mol. The Morgan fingerprint density at radius 2 is 2.11 bits per heavy atom. The van der Waals surface area contributed by atoms with Gasteiger partial charge in [0.25, 0.3) is 5.91 Å². The van der Waals surface area contributed by atoms with Gasteiger partial charge in [0.1, 0.15) is 0 Å². The molecule has 0 unspecified atom stereocenters. The molecule has 0 radical (unpaired) electrons. The summed E-state index contributed by atoms with van der Waals surface area (Å²) in [5, 5.41) is 7.83. The first-order valence-corrected chi connectivity index (χ1v) is 5.64. The fraction of sp³-hybridized carbons (Fsp3) is 0.250. The molecule has 6 nitrogen and oxygen atoms in total. The Labute approximate surface area is 105 Å². The van der Waals surface area contributed by atoms with Crippen molar-refractivity contribution < 1.29 is 9.63 Å².